The lowest BCUT2D eigenvalue weighted by atomic mass is 10.0. The molecule has 1 aromatic rings. The molecule has 0 spiro atoms. The average molecular weight is 424 g/mol. The van der Waals surface area contributed by atoms with Crippen molar-refractivity contribution in [2.24, 2.45) is 0 Å². The van der Waals surface area contributed by atoms with Crippen LogP contribution in [0.1, 0.15) is 45.4 Å². The Morgan fingerprint density at radius 3 is 2.55 bits per heavy atom. The van der Waals surface area contributed by atoms with E-state index < -0.39 is 10.0 Å². The molecule has 2 saturated heterocycles. The van der Waals surface area contributed by atoms with Gasteiger partial charge in [0.2, 0.25) is 10.0 Å². The Morgan fingerprint density at radius 1 is 1.17 bits per heavy atom. The first kappa shape index (κ1) is 22.1. The van der Waals surface area contributed by atoms with Crippen molar-refractivity contribution in [3.63, 3.8) is 0 Å². The molecule has 1 amide bonds. The summed E-state index contributed by atoms with van der Waals surface area (Å²) in [4.78, 5) is 16.2. The molecule has 0 saturated carbocycles. The number of nitrogens with zero attached hydrogens (tertiary/aromatic N) is 2. The number of nitrogens with one attached hydrogen (secondary N) is 2. The van der Waals surface area contributed by atoms with E-state index in [9.17, 15) is 13.2 Å². The number of piperidine rings is 2. The van der Waals surface area contributed by atoms with E-state index in [-0.39, 0.29) is 10.8 Å². The summed E-state index contributed by atoms with van der Waals surface area (Å²) >= 11 is 0. The summed E-state index contributed by atoms with van der Waals surface area (Å²) in [5.41, 5.74) is 1.36. The van der Waals surface area contributed by atoms with E-state index in [1.165, 1.54) is 11.3 Å². The first-order chi connectivity index (χ1) is 13.8. The Hall–Kier alpha value is -1.64. The fraction of sp³-hybridized carbons (Fsp3) is 0.667. The van der Waals surface area contributed by atoms with Crippen molar-refractivity contribution in [3.05, 3.63) is 18.2 Å². The summed E-state index contributed by atoms with van der Waals surface area (Å²) in [7, 11) is 0.241. The van der Waals surface area contributed by atoms with E-state index in [4.69, 9.17) is 0 Å². The summed E-state index contributed by atoms with van der Waals surface area (Å²) in [6, 6.07) is 5.52. The van der Waals surface area contributed by atoms with Gasteiger partial charge >= 0.3 is 0 Å². The van der Waals surface area contributed by atoms with Crippen LogP contribution in [0, 0.1) is 0 Å². The molecule has 2 fully saturated rings. The van der Waals surface area contributed by atoms with Gasteiger partial charge in [0.15, 0.2) is 6.54 Å². The molecule has 2 heterocycles. The van der Waals surface area contributed by atoms with Crippen molar-refractivity contribution in [1.82, 2.24) is 4.31 Å². The van der Waals surface area contributed by atoms with Crippen molar-refractivity contribution in [2.45, 2.75) is 56.4 Å². The molecule has 0 aromatic heterocycles. The van der Waals surface area contributed by atoms with Gasteiger partial charge in [0.05, 0.1) is 28.9 Å². The lowest BCUT2D eigenvalue weighted by Gasteiger charge is -2.30. The second-order valence-corrected chi connectivity index (χ2v) is 10.5. The molecule has 1 unspecified atom stereocenters. The van der Waals surface area contributed by atoms with Crippen molar-refractivity contribution in [2.75, 3.05) is 50.5 Å². The van der Waals surface area contributed by atoms with Gasteiger partial charge in [-0.15, -0.1) is 0 Å². The summed E-state index contributed by atoms with van der Waals surface area (Å²) in [6.45, 7) is 4.75. The van der Waals surface area contributed by atoms with Gasteiger partial charge in [-0.05, 0) is 57.2 Å². The van der Waals surface area contributed by atoms with Gasteiger partial charge in [-0.1, -0.05) is 6.42 Å². The molecular weight excluding hydrogens is 388 g/mol. The maximum absolute atomic E-state index is 13.1. The normalized spacial score (nSPS) is 23.6. The molecular formula is C21H35N4O3S+. The van der Waals surface area contributed by atoms with Gasteiger partial charge in [-0.3, -0.25) is 4.79 Å². The lowest BCUT2D eigenvalue weighted by Crippen LogP contribution is -3.17. The van der Waals surface area contributed by atoms with E-state index in [0.717, 1.165) is 44.3 Å². The number of sulfonamides is 1. The number of carbonyl (C=O) groups is 1. The van der Waals surface area contributed by atoms with Crippen LogP contribution in [0.15, 0.2) is 23.1 Å². The third-order valence-corrected chi connectivity index (χ3v) is 8.04. The summed E-state index contributed by atoms with van der Waals surface area (Å²) in [5, 5.41) is 2.99. The number of likely N-dealkylation sites (tertiary alicyclic amines) is 1. The molecule has 2 N–H and O–H groups in total. The molecule has 8 heteroatoms. The van der Waals surface area contributed by atoms with E-state index in [2.05, 4.69) is 12.2 Å². The lowest BCUT2D eigenvalue weighted by molar-refractivity contribution is -0.920. The molecule has 2 atom stereocenters. The first-order valence-corrected chi connectivity index (χ1v) is 12.2. The van der Waals surface area contributed by atoms with Gasteiger partial charge in [-0.25, -0.2) is 8.42 Å². The first-order valence-electron chi connectivity index (χ1n) is 10.7. The minimum atomic E-state index is -3.54. The molecule has 7 nitrogen and oxygen atoms in total. The van der Waals surface area contributed by atoms with Crippen LogP contribution in [0.2, 0.25) is 0 Å². The number of hydrogen-bond donors (Lipinski definition) is 2. The van der Waals surface area contributed by atoms with Crippen LogP contribution < -0.4 is 15.1 Å². The average Bonchev–Trinajstić information content (AvgIpc) is 2.70. The summed E-state index contributed by atoms with van der Waals surface area (Å²) < 4.78 is 27.7. The fourth-order valence-corrected chi connectivity index (χ4v) is 5.88. The summed E-state index contributed by atoms with van der Waals surface area (Å²) in [6.07, 6.45) is 6.40. The highest BCUT2D eigenvalue weighted by molar-refractivity contribution is 7.89. The highest BCUT2D eigenvalue weighted by Gasteiger charge is 2.28. The number of carbonyl (C=O) groups excluding carboxylic acids is 1. The van der Waals surface area contributed by atoms with Crippen LogP contribution in [0.3, 0.4) is 0 Å². The number of hydrogen-bond acceptors (Lipinski definition) is 4. The van der Waals surface area contributed by atoms with Crippen LogP contribution in [0.4, 0.5) is 11.4 Å². The zero-order valence-corrected chi connectivity index (χ0v) is 18.7. The molecule has 0 radical (unpaired) electrons. The molecule has 3 rings (SSSR count). The number of anilines is 2. The highest BCUT2D eigenvalue weighted by Crippen LogP contribution is 2.30. The SMILES string of the molecule is C[C@@H]1CCCC[NH+]1CC(=O)Nc1cc(S(=O)(=O)N2CCCCC2)ccc1N(C)C. The van der Waals surface area contributed by atoms with Crippen LogP contribution in [-0.4, -0.2) is 64.9 Å². The largest absolute Gasteiger partial charge is 0.376 e. The third kappa shape index (κ3) is 5.29. The second-order valence-electron chi connectivity index (χ2n) is 8.57. The number of amides is 1. The maximum atomic E-state index is 13.1. The highest BCUT2D eigenvalue weighted by atomic mass is 32.2. The molecule has 0 aliphatic carbocycles. The van der Waals surface area contributed by atoms with Gasteiger partial charge in [0.25, 0.3) is 5.91 Å². The van der Waals surface area contributed by atoms with Gasteiger partial charge in [-0.2, -0.15) is 4.31 Å². The predicted molar refractivity (Wildman–Crippen MR) is 116 cm³/mol. The zero-order valence-electron chi connectivity index (χ0n) is 17.9. The van der Waals surface area contributed by atoms with Crippen molar-refractivity contribution < 1.29 is 18.1 Å². The zero-order chi connectivity index (χ0) is 21.0. The Labute approximate surface area is 175 Å². The van der Waals surface area contributed by atoms with E-state index in [0.29, 0.717) is 31.4 Å². The van der Waals surface area contributed by atoms with Gasteiger partial charge in [0.1, 0.15) is 0 Å². The van der Waals surface area contributed by atoms with Crippen LogP contribution in [-0.2, 0) is 14.8 Å². The molecule has 0 bridgehead atoms. The van der Waals surface area contributed by atoms with Gasteiger partial charge < -0.3 is 15.1 Å². The molecule has 2 aliphatic heterocycles. The van der Waals surface area contributed by atoms with E-state index >= 15 is 0 Å². The molecule has 1 aromatic carbocycles. The van der Waals surface area contributed by atoms with Gasteiger partial charge in [0, 0.05) is 27.2 Å². The Morgan fingerprint density at radius 2 is 1.90 bits per heavy atom. The predicted octanol–water partition coefficient (Wildman–Crippen LogP) is 1.32. The van der Waals surface area contributed by atoms with Crippen LogP contribution >= 0.6 is 0 Å². The topological polar surface area (TPSA) is 74.2 Å². The smallest absolute Gasteiger partial charge is 0.279 e. The number of benzene rings is 1. The van der Waals surface area contributed by atoms with Crippen LogP contribution in [0.5, 0.6) is 0 Å². The van der Waals surface area contributed by atoms with E-state index in [1.807, 2.05) is 19.0 Å². The minimum absolute atomic E-state index is 0.0654. The minimum Gasteiger partial charge on any atom is -0.376 e. The fourth-order valence-electron chi connectivity index (χ4n) is 4.34. The van der Waals surface area contributed by atoms with E-state index in [1.54, 1.807) is 22.5 Å². The molecule has 162 valence electrons. The van der Waals surface area contributed by atoms with Crippen molar-refractivity contribution in [3.8, 4) is 0 Å². The maximum Gasteiger partial charge on any atom is 0.279 e. The standard InChI is InChI=1S/C21H34N4O3S/c1-17-9-5-8-12-24(17)16-21(26)22-19-15-18(10-11-20(19)23(2)3)29(27,28)25-13-6-4-7-14-25/h10-11,15,17H,4-9,12-14,16H2,1-3H3,(H,22,26)/p+1/t17-/m1/s1. The quantitative estimate of drug-likeness (QED) is 0.724. The van der Waals surface area contributed by atoms with Crippen molar-refractivity contribution >= 4 is 27.3 Å². The summed E-state index contributed by atoms with van der Waals surface area (Å²) in [5.74, 6) is -0.0654. The molecule has 2 aliphatic rings. The Kier molecular flexibility index (Phi) is 7.19. The number of rotatable bonds is 6. The molecule has 29 heavy (non-hydrogen) atoms. The Balaban J connectivity index is 1.80. The van der Waals surface area contributed by atoms with Crippen LogP contribution in [0.25, 0.3) is 0 Å². The Bertz CT molecular complexity index is 819. The van der Waals surface area contributed by atoms with Crippen molar-refractivity contribution in [1.29, 1.82) is 0 Å². The third-order valence-electron chi connectivity index (χ3n) is 6.15. The monoisotopic (exact) mass is 423 g/mol. The second kappa shape index (κ2) is 9.45. The number of quaternary nitrogens is 1.